The number of H-pyrrole nitrogens is 1. The van der Waals surface area contributed by atoms with Crippen molar-refractivity contribution in [3.05, 3.63) is 35.0 Å². The number of aliphatic hydroxyl groups excluding tert-OH is 1. The van der Waals surface area contributed by atoms with Crippen molar-refractivity contribution in [1.82, 2.24) is 10.3 Å². The molecule has 1 unspecified atom stereocenters. The van der Waals surface area contributed by atoms with Gasteiger partial charge in [-0.15, -0.1) is 0 Å². The second-order valence-electron chi connectivity index (χ2n) is 4.71. The van der Waals surface area contributed by atoms with Crippen molar-refractivity contribution in [3.63, 3.8) is 0 Å². The largest absolute Gasteiger partial charge is 0.396 e. The van der Waals surface area contributed by atoms with E-state index in [1.165, 1.54) is 0 Å². The number of aliphatic hydroxyl groups is 1. The Balaban J connectivity index is 1.97. The van der Waals surface area contributed by atoms with Crippen LogP contribution < -0.4 is 5.32 Å². The monoisotopic (exact) mass is 266 g/mol. The number of nitrogens with one attached hydrogen (secondary N) is 2. The lowest BCUT2D eigenvalue weighted by Gasteiger charge is -2.10. The summed E-state index contributed by atoms with van der Waals surface area (Å²) in [5, 5.41) is 14.1. The molecule has 1 atom stereocenters. The molecule has 0 aliphatic carbocycles. The number of halogens is 1. The molecule has 0 spiro atoms. The van der Waals surface area contributed by atoms with E-state index in [2.05, 4.69) is 17.2 Å². The number of para-hydroxylation sites is 1. The highest BCUT2D eigenvalue weighted by molar-refractivity contribution is 6.36. The molecule has 4 heteroatoms. The van der Waals surface area contributed by atoms with Crippen molar-refractivity contribution in [2.75, 3.05) is 13.2 Å². The summed E-state index contributed by atoms with van der Waals surface area (Å²) in [7, 11) is 0. The standard InChI is InChI=1S/C14H19ClN2O/c1-10(6-7-18)8-16-9-13-14(15)11-4-2-3-5-12(11)17-13/h2-5,10,16-18H,6-9H2,1H3. The first kappa shape index (κ1) is 13.4. The number of fused-ring (bicyclic) bond motifs is 1. The predicted molar refractivity (Wildman–Crippen MR) is 75.9 cm³/mol. The van der Waals surface area contributed by atoms with Crippen molar-refractivity contribution in [2.45, 2.75) is 19.9 Å². The fourth-order valence-corrected chi connectivity index (χ4v) is 2.33. The average molecular weight is 267 g/mol. The maximum atomic E-state index is 8.84. The van der Waals surface area contributed by atoms with E-state index < -0.39 is 0 Å². The smallest absolute Gasteiger partial charge is 0.0705 e. The Morgan fingerprint density at radius 1 is 1.39 bits per heavy atom. The molecule has 0 fully saturated rings. The lowest BCUT2D eigenvalue weighted by molar-refractivity contribution is 0.260. The van der Waals surface area contributed by atoms with Gasteiger partial charge in [-0.2, -0.15) is 0 Å². The van der Waals surface area contributed by atoms with E-state index in [4.69, 9.17) is 16.7 Å². The molecule has 1 heterocycles. The van der Waals surface area contributed by atoms with Gasteiger partial charge in [-0.3, -0.25) is 0 Å². The molecule has 0 saturated carbocycles. The third-order valence-corrected chi connectivity index (χ3v) is 3.56. The average Bonchev–Trinajstić information content (AvgIpc) is 2.68. The molecule has 2 aromatic rings. The van der Waals surface area contributed by atoms with Gasteiger partial charge in [-0.25, -0.2) is 0 Å². The summed E-state index contributed by atoms with van der Waals surface area (Å²) in [6.07, 6.45) is 0.827. The van der Waals surface area contributed by atoms with Crippen LogP contribution >= 0.6 is 11.6 Å². The molecule has 1 aromatic carbocycles. The topological polar surface area (TPSA) is 48.0 Å². The molecule has 0 saturated heterocycles. The maximum Gasteiger partial charge on any atom is 0.0705 e. The van der Waals surface area contributed by atoms with Crippen LogP contribution in [-0.4, -0.2) is 23.2 Å². The number of rotatable bonds is 6. The van der Waals surface area contributed by atoms with E-state index in [0.29, 0.717) is 5.92 Å². The zero-order valence-corrected chi connectivity index (χ0v) is 11.3. The first-order valence-corrected chi connectivity index (χ1v) is 6.67. The summed E-state index contributed by atoms with van der Waals surface area (Å²) in [4.78, 5) is 3.33. The fourth-order valence-electron chi connectivity index (χ4n) is 2.05. The minimum atomic E-state index is 0.246. The maximum absolute atomic E-state index is 8.84. The molecule has 0 aliphatic rings. The van der Waals surface area contributed by atoms with Crippen molar-refractivity contribution < 1.29 is 5.11 Å². The van der Waals surface area contributed by atoms with Gasteiger partial charge in [0.2, 0.25) is 0 Å². The Morgan fingerprint density at radius 2 is 2.17 bits per heavy atom. The lowest BCUT2D eigenvalue weighted by atomic mass is 10.1. The Kier molecular flexibility index (Phi) is 4.64. The minimum absolute atomic E-state index is 0.246. The first-order chi connectivity index (χ1) is 8.72. The zero-order chi connectivity index (χ0) is 13.0. The number of hydrogen-bond acceptors (Lipinski definition) is 2. The predicted octanol–water partition coefficient (Wildman–Crippen LogP) is 2.93. The van der Waals surface area contributed by atoms with E-state index in [0.717, 1.165) is 41.1 Å². The highest BCUT2D eigenvalue weighted by atomic mass is 35.5. The Labute approximate surface area is 112 Å². The van der Waals surface area contributed by atoms with Gasteiger partial charge < -0.3 is 15.4 Å². The van der Waals surface area contributed by atoms with E-state index in [1.54, 1.807) is 0 Å². The summed E-state index contributed by atoms with van der Waals surface area (Å²) < 4.78 is 0. The second-order valence-corrected chi connectivity index (χ2v) is 5.09. The van der Waals surface area contributed by atoms with Crippen LogP contribution in [0.25, 0.3) is 10.9 Å². The summed E-state index contributed by atoms with van der Waals surface area (Å²) in [5.74, 6) is 0.471. The van der Waals surface area contributed by atoms with Crippen molar-refractivity contribution in [3.8, 4) is 0 Å². The lowest BCUT2D eigenvalue weighted by Crippen LogP contribution is -2.21. The molecule has 0 radical (unpaired) electrons. The Bertz CT molecular complexity index is 509. The number of hydrogen-bond donors (Lipinski definition) is 3. The van der Waals surface area contributed by atoms with Gasteiger partial charge in [0.15, 0.2) is 0 Å². The van der Waals surface area contributed by atoms with Gasteiger partial charge in [0.05, 0.1) is 5.02 Å². The van der Waals surface area contributed by atoms with Gasteiger partial charge in [-0.05, 0) is 24.9 Å². The van der Waals surface area contributed by atoms with Crippen LogP contribution in [0.5, 0.6) is 0 Å². The number of aromatic amines is 1. The van der Waals surface area contributed by atoms with Crippen LogP contribution in [-0.2, 0) is 6.54 Å². The molecule has 0 aliphatic heterocycles. The summed E-state index contributed by atoms with van der Waals surface area (Å²) >= 11 is 6.32. The van der Waals surface area contributed by atoms with Gasteiger partial charge in [0.25, 0.3) is 0 Å². The number of benzene rings is 1. The second kappa shape index (κ2) is 6.23. The summed E-state index contributed by atoms with van der Waals surface area (Å²) in [6, 6.07) is 8.03. The van der Waals surface area contributed by atoms with Crippen LogP contribution in [0.1, 0.15) is 19.0 Å². The Hall–Kier alpha value is -1.03. The SMILES string of the molecule is CC(CCO)CNCc1[nH]c2ccccc2c1Cl. The molecule has 1 aromatic heterocycles. The van der Waals surface area contributed by atoms with E-state index in [-0.39, 0.29) is 6.61 Å². The Morgan fingerprint density at radius 3 is 2.89 bits per heavy atom. The summed E-state index contributed by atoms with van der Waals surface area (Å²) in [6.45, 7) is 3.97. The molecule has 3 nitrogen and oxygen atoms in total. The number of aromatic nitrogens is 1. The van der Waals surface area contributed by atoms with Gasteiger partial charge in [0, 0.05) is 29.7 Å². The van der Waals surface area contributed by atoms with Crippen LogP contribution in [0.4, 0.5) is 0 Å². The molecular weight excluding hydrogens is 248 g/mol. The van der Waals surface area contributed by atoms with Crippen molar-refractivity contribution in [2.24, 2.45) is 5.92 Å². The van der Waals surface area contributed by atoms with E-state index >= 15 is 0 Å². The highest BCUT2D eigenvalue weighted by Gasteiger charge is 2.08. The van der Waals surface area contributed by atoms with Crippen LogP contribution in [0, 0.1) is 5.92 Å². The minimum Gasteiger partial charge on any atom is -0.396 e. The fraction of sp³-hybridized carbons (Fsp3) is 0.429. The van der Waals surface area contributed by atoms with Crippen molar-refractivity contribution >= 4 is 22.5 Å². The molecular formula is C14H19ClN2O. The third-order valence-electron chi connectivity index (χ3n) is 3.13. The molecule has 2 rings (SSSR count). The molecule has 3 N–H and O–H groups in total. The molecule has 98 valence electrons. The highest BCUT2D eigenvalue weighted by Crippen LogP contribution is 2.26. The first-order valence-electron chi connectivity index (χ1n) is 6.29. The zero-order valence-electron chi connectivity index (χ0n) is 10.5. The molecule has 0 bridgehead atoms. The third kappa shape index (κ3) is 3.05. The van der Waals surface area contributed by atoms with Crippen molar-refractivity contribution in [1.29, 1.82) is 0 Å². The quantitative estimate of drug-likeness (QED) is 0.753. The molecule has 0 amide bonds. The van der Waals surface area contributed by atoms with Crippen LogP contribution in [0.2, 0.25) is 5.02 Å². The van der Waals surface area contributed by atoms with Gasteiger partial charge in [0.1, 0.15) is 0 Å². The van der Waals surface area contributed by atoms with E-state index in [9.17, 15) is 0 Å². The normalized spacial score (nSPS) is 13.1. The molecule has 18 heavy (non-hydrogen) atoms. The van der Waals surface area contributed by atoms with Crippen LogP contribution in [0.3, 0.4) is 0 Å². The van der Waals surface area contributed by atoms with E-state index in [1.807, 2.05) is 24.3 Å². The van der Waals surface area contributed by atoms with Gasteiger partial charge in [-0.1, -0.05) is 36.7 Å². The summed E-state index contributed by atoms with van der Waals surface area (Å²) in [5.41, 5.74) is 2.09. The van der Waals surface area contributed by atoms with Crippen LogP contribution in [0.15, 0.2) is 24.3 Å². The van der Waals surface area contributed by atoms with Gasteiger partial charge >= 0.3 is 0 Å².